The van der Waals surface area contributed by atoms with Gasteiger partial charge in [-0.3, -0.25) is 4.79 Å². The minimum Gasteiger partial charge on any atom is -0.463 e. The summed E-state index contributed by atoms with van der Waals surface area (Å²) in [6.07, 6.45) is 11.1. The molecule has 0 aliphatic rings. The van der Waals surface area contributed by atoms with E-state index in [-0.39, 0.29) is 12.6 Å². The van der Waals surface area contributed by atoms with Crippen LogP contribution in [0.5, 0.6) is 0 Å². The highest BCUT2D eigenvalue weighted by Crippen LogP contribution is 2.10. The molecule has 0 saturated heterocycles. The van der Waals surface area contributed by atoms with E-state index in [2.05, 4.69) is 6.92 Å². The van der Waals surface area contributed by atoms with E-state index in [1.807, 2.05) is 0 Å². The van der Waals surface area contributed by atoms with E-state index in [1.54, 1.807) is 6.92 Å². The van der Waals surface area contributed by atoms with E-state index in [0.717, 1.165) is 12.8 Å². The smallest absolute Gasteiger partial charge is 0.305 e. The summed E-state index contributed by atoms with van der Waals surface area (Å²) in [4.78, 5) is 11.2. The van der Waals surface area contributed by atoms with Gasteiger partial charge < -0.3 is 9.84 Å². The van der Waals surface area contributed by atoms with Gasteiger partial charge in [0.1, 0.15) is 6.61 Å². The third kappa shape index (κ3) is 13.5. The fourth-order valence-corrected chi connectivity index (χ4v) is 1.87. The van der Waals surface area contributed by atoms with Crippen molar-refractivity contribution < 1.29 is 14.6 Å². The molecule has 0 rings (SSSR count). The number of hydrogen-bond acceptors (Lipinski definition) is 3. The average Bonchev–Trinajstić information content (AvgIpc) is 2.34. The summed E-state index contributed by atoms with van der Waals surface area (Å²) in [6.45, 7) is 3.97. The fourth-order valence-electron chi connectivity index (χ4n) is 1.87. The standard InChI is InChI=1S/C15H30O3/c1-3-4-5-6-7-8-9-10-11-12-15(17)18-13-14(2)16/h14,16H,3-13H2,1-2H3/t14-/m1/s1. The molecule has 0 spiro atoms. The zero-order valence-electron chi connectivity index (χ0n) is 12.1. The van der Waals surface area contributed by atoms with Gasteiger partial charge >= 0.3 is 5.97 Å². The summed E-state index contributed by atoms with van der Waals surface area (Å²) in [7, 11) is 0. The molecule has 0 bridgehead atoms. The Morgan fingerprint density at radius 1 is 1.00 bits per heavy atom. The first-order valence-electron chi connectivity index (χ1n) is 7.50. The molecule has 0 aliphatic carbocycles. The van der Waals surface area contributed by atoms with E-state index < -0.39 is 6.10 Å². The molecule has 108 valence electrons. The zero-order chi connectivity index (χ0) is 13.6. The van der Waals surface area contributed by atoms with Crippen molar-refractivity contribution >= 4 is 5.97 Å². The molecular weight excluding hydrogens is 228 g/mol. The number of aliphatic hydroxyl groups is 1. The van der Waals surface area contributed by atoms with Crippen molar-refractivity contribution in [3.8, 4) is 0 Å². The van der Waals surface area contributed by atoms with E-state index in [1.165, 1.54) is 44.9 Å². The van der Waals surface area contributed by atoms with Crippen LogP contribution in [0.2, 0.25) is 0 Å². The topological polar surface area (TPSA) is 46.5 Å². The van der Waals surface area contributed by atoms with Gasteiger partial charge in [0.2, 0.25) is 0 Å². The van der Waals surface area contributed by atoms with Crippen molar-refractivity contribution in [1.29, 1.82) is 0 Å². The van der Waals surface area contributed by atoms with Gasteiger partial charge in [-0.15, -0.1) is 0 Å². The van der Waals surface area contributed by atoms with Gasteiger partial charge in [-0.05, 0) is 13.3 Å². The molecule has 1 atom stereocenters. The first kappa shape index (κ1) is 17.4. The molecule has 0 aromatic rings. The number of hydrogen-bond donors (Lipinski definition) is 1. The Balaban J connectivity index is 3.12. The molecule has 0 heterocycles. The molecule has 0 aromatic carbocycles. The van der Waals surface area contributed by atoms with Crippen molar-refractivity contribution in [1.82, 2.24) is 0 Å². The lowest BCUT2D eigenvalue weighted by atomic mass is 10.1. The summed E-state index contributed by atoms with van der Waals surface area (Å²) < 4.78 is 4.89. The molecular formula is C15H30O3. The zero-order valence-corrected chi connectivity index (χ0v) is 12.1. The van der Waals surface area contributed by atoms with E-state index >= 15 is 0 Å². The van der Waals surface area contributed by atoms with Crippen LogP contribution in [0, 0.1) is 0 Å². The fraction of sp³-hybridized carbons (Fsp3) is 0.933. The van der Waals surface area contributed by atoms with Crippen LogP contribution in [0.4, 0.5) is 0 Å². The predicted molar refractivity (Wildman–Crippen MR) is 74.5 cm³/mol. The Labute approximate surface area is 112 Å². The molecule has 0 aromatic heterocycles. The largest absolute Gasteiger partial charge is 0.463 e. The molecule has 0 amide bonds. The molecule has 3 nitrogen and oxygen atoms in total. The molecule has 0 fully saturated rings. The lowest BCUT2D eigenvalue weighted by Gasteiger charge is -2.06. The lowest BCUT2D eigenvalue weighted by Crippen LogP contribution is -2.14. The number of carbonyl (C=O) groups is 1. The second-order valence-electron chi connectivity index (χ2n) is 5.11. The van der Waals surface area contributed by atoms with Gasteiger partial charge in [0.05, 0.1) is 6.10 Å². The third-order valence-corrected chi connectivity index (χ3v) is 2.97. The Kier molecular flexibility index (Phi) is 12.5. The number of rotatable bonds is 12. The Hall–Kier alpha value is -0.570. The summed E-state index contributed by atoms with van der Waals surface area (Å²) >= 11 is 0. The highest BCUT2D eigenvalue weighted by molar-refractivity contribution is 5.69. The first-order chi connectivity index (χ1) is 8.66. The van der Waals surface area contributed by atoms with E-state index in [0.29, 0.717) is 6.42 Å². The second-order valence-corrected chi connectivity index (χ2v) is 5.11. The van der Waals surface area contributed by atoms with E-state index in [9.17, 15) is 4.79 Å². The molecule has 0 aliphatic heterocycles. The molecule has 18 heavy (non-hydrogen) atoms. The quantitative estimate of drug-likeness (QED) is 0.427. The lowest BCUT2D eigenvalue weighted by molar-refractivity contribution is -0.146. The number of carbonyl (C=O) groups excluding carboxylic acids is 1. The summed E-state index contributed by atoms with van der Waals surface area (Å²) in [5.41, 5.74) is 0. The Morgan fingerprint density at radius 2 is 1.50 bits per heavy atom. The van der Waals surface area contributed by atoms with Crippen molar-refractivity contribution in [2.45, 2.75) is 84.2 Å². The summed E-state index contributed by atoms with van der Waals surface area (Å²) in [5, 5.41) is 8.95. The third-order valence-electron chi connectivity index (χ3n) is 2.97. The maximum Gasteiger partial charge on any atom is 0.305 e. The number of unbranched alkanes of at least 4 members (excludes halogenated alkanes) is 8. The molecule has 0 unspecified atom stereocenters. The van der Waals surface area contributed by atoms with Crippen LogP contribution >= 0.6 is 0 Å². The van der Waals surface area contributed by atoms with Crippen LogP contribution in [0.3, 0.4) is 0 Å². The van der Waals surface area contributed by atoms with Crippen molar-refractivity contribution in [3.63, 3.8) is 0 Å². The number of ether oxygens (including phenoxy) is 1. The van der Waals surface area contributed by atoms with Gasteiger partial charge in [-0.1, -0.05) is 58.3 Å². The molecule has 1 N–H and O–H groups in total. The van der Waals surface area contributed by atoms with Crippen LogP contribution in [-0.4, -0.2) is 23.8 Å². The van der Waals surface area contributed by atoms with Gasteiger partial charge in [0, 0.05) is 6.42 Å². The minimum absolute atomic E-state index is 0.121. The maximum atomic E-state index is 11.2. The highest BCUT2D eigenvalue weighted by Gasteiger charge is 2.04. The van der Waals surface area contributed by atoms with Crippen molar-refractivity contribution in [3.05, 3.63) is 0 Å². The Morgan fingerprint density at radius 3 is 2.00 bits per heavy atom. The van der Waals surface area contributed by atoms with Crippen LogP contribution in [-0.2, 0) is 9.53 Å². The molecule has 0 radical (unpaired) electrons. The van der Waals surface area contributed by atoms with Crippen LogP contribution < -0.4 is 0 Å². The van der Waals surface area contributed by atoms with Crippen LogP contribution in [0.15, 0.2) is 0 Å². The SMILES string of the molecule is CCCCCCCCCCCC(=O)OC[C@@H](C)O. The predicted octanol–water partition coefficient (Wildman–Crippen LogP) is 3.83. The van der Waals surface area contributed by atoms with Gasteiger partial charge in [0.15, 0.2) is 0 Å². The normalized spacial score (nSPS) is 12.4. The minimum atomic E-state index is -0.558. The molecule has 0 saturated carbocycles. The second kappa shape index (κ2) is 12.9. The van der Waals surface area contributed by atoms with Crippen LogP contribution in [0.25, 0.3) is 0 Å². The first-order valence-corrected chi connectivity index (χ1v) is 7.50. The number of esters is 1. The highest BCUT2D eigenvalue weighted by atomic mass is 16.5. The summed E-state index contributed by atoms with van der Waals surface area (Å²) in [6, 6.07) is 0. The monoisotopic (exact) mass is 258 g/mol. The van der Waals surface area contributed by atoms with Gasteiger partial charge in [-0.25, -0.2) is 0 Å². The van der Waals surface area contributed by atoms with Crippen molar-refractivity contribution in [2.75, 3.05) is 6.61 Å². The Bertz CT molecular complexity index is 190. The maximum absolute atomic E-state index is 11.2. The van der Waals surface area contributed by atoms with Crippen molar-refractivity contribution in [2.24, 2.45) is 0 Å². The van der Waals surface area contributed by atoms with Gasteiger partial charge in [0.25, 0.3) is 0 Å². The molecule has 3 heteroatoms. The average molecular weight is 258 g/mol. The van der Waals surface area contributed by atoms with Gasteiger partial charge in [-0.2, -0.15) is 0 Å². The number of aliphatic hydroxyl groups excluding tert-OH is 1. The van der Waals surface area contributed by atoms with Crippen LogP contribution in [0.1, 0.15) is 78.1 Å². The van der Waals surface area contributed by atoms with E-state index in [4.69, 9.17) is 9.84 Å². The summed E-state index contributed by atoms with van der Waals surface area (Å²) in [5.74, 6) is -0.182.